The number of fused-ring (bicyclic) bond motifs is 1. The molecule has 0 bridgehead atoms. The number of carbonyl (C=O) groups is 1. The van der Waals surface area contributed by atoms with Crippen LogP contribution in [0.4, 0.5) is 0 Å². The summed E-state index contributed by atoms with van der Waals surface area (Å²) in [5.41, 5.74) is 0.969. The fourth-order valence-electron chi connectivity index (χ4n) is 3.29. The summed E-state index contributed by atoms with van der Waals surface area (Å²) in [7, 11) is -2.30. The van der Waals surface area contributed by atoms with Crippen LogP contribution in [-0.2, 0) is 21.3 Å². The van der Waals surface area contributed by atoms with Crippen LogP contribution >= 0.6 is 0 Å². The smallest absolute Gasteiger partial charge is 0.255 e. The Morgan fingerprint density at radius 1 is 1.10 bits per heavy atom. The van der Waals surface area contributed by atoms with Gasteiger partial charge in [0, 0.05) is 19.6 Å². The van der Waals surface area contributed by atoms with Crippen molar-refractivity contribution in [2.75, 3.05) is 40.2 Å². The molecule has 0 aromatic heterocycles. The van der Waals surface area contributed by atoms with Crippen LogP contribution in [0.3, 0.4) is 0 Å². The molecule has 30 heavy (non-hydrogen) atoms. The third-order valence-electron chi connectivity index (χ3n) is 4.91. The molecule has 0 atom stereocenters. The first-order valence-corrected chi connectivity index (χ1v) is 10.9. The SMILES string of the molecule is COc1ccc(S(=O)(=O)N2CCOCC2)cc1C(=O)NCc1ccc2c(c1)OCO2. The predicted octanol–water partition coefficient (Wildman–Crippen LogP) is 1.37. The first kappa shape index (κ1) is 20.5. The topological polar surface area (TPSA) is 103 Å². The number of amides is 1. The van der Waals surface area contributed by atoms with Crippen molar-refractivity contribution in [3.63, 3.8) is 0 Å². The van der Waals surface area contributed by atoms with E-state index in [0.29, 0.717) is 30.5 Å². The van der Waals surface area contributed by atoms with Gasteiger partial charge in [-0.15, -0.1) is 0 Å². The fourth-order valence-corrected chi connectivity index (χ4v) is 4.72. The minimum atomic E-state index is -3.73. The Hall–Kier alpha value is -2.82. The van der Waals surface area contributed by atoms with Gasteiger partial charge in [-0.2, -0.15) is 4.31 Å². The van der Waals surface area contributed by atoms with E-state index in [4.69, 9.17) is 18.9 Å². The number of methoxy groups -OCH3 is 1. The molecule has 4 rings (SSSR count). The van der Waals surface area contributed by atoms with Crippen molar-refractivity contribution in [1.29, 1.82) is 0 Å². The van der Waals surface area contributed by atoms with E-state index < -0.39 is 15.9 Å². The van der Waals surface area contributed by atoms with Crippen LogP contribution in [0.15, 0.2) is 41.3 Å². The Morgan fingerprint density at radius 3 is 2.63 bits per heavy atom. The van der Waals surface area contributed by atoms with Crippen LogP contribution in [0.1, 0.15) is 15.9 Å². The van der Waals surface area contributed by atoms with Crippen molar-refractivity contribution in [3.8, 4) is 17.2 Å². The highest BCUT2D eigenvalue weighted by atomic mass is 32.2. The van der Waals surface area contributed by atoms with Gasteiger partial charge in [-0.1, -0.05) is 6.07 Å². The van der Waals surface area contributed by atoms with E-state index >= 15 is 0 Å². The quantitative estimate of drug-likeness (QED) is 0.733. The second kappa shape index (κ2) is 8.50. The summed E-state index contributed by atoms with van der Waals surface area (Å²) < 4.78 is 48.3. The third-order valence-corrected chi connectivity index (χ3v) is 6.81. The Balaban J connectivity index is 1.53. The van der Waals surface area contributed by atoms with Gasteiger partial charge in [0.1, 0.15) is 5.75 Å². The number of nitrogens with one attached hydrogen (secondary N) is 1. The summed E-state index contributed by atoms with van der Waals surface area (Å²) in [4.78, 5) is 12.9. The zero-order chi connectivity index (χ0) is 21.1. The van der Waals surface area contributed by atoms with Gasteiger partial charge in [-0.25, -0.2) is 8.42 Å². The second-order valence-corrected chi connectivity index (χ2v) is 8.69. The third kappa shape index (κ3) is 4.07. The van der Waals surface area contributed by atoms with Gasteiger partial charge in [0.2, 0.25) is 16.8 Å². The molecule has 0 radical (unpaired) electrons. The summed E-state index contributed by atoms with van der Waals surface area (Å²) in [6, 6.07) is 9.67. The first-order valence-electron chi connectivity index (χ1n) is 9.42. The van der Waals surface area contributed by atoms with Crippen molar-refractivity contribution < 1.29 is 32.2 Å². The van der Waals surface area contributed by atoms with Crippen LogP contribution in [0.5, 0.6) is 17.2 Å². The lowest BCUT2D eigenvalue weighted by Crippen LogP contribution is -2.40. The minimum absolute atomic E-state index is 0.0402. The van der Waals surface area contributed by atoms with Crippen LogP contribution in [0.2, 0.25) is 0 Å². The Morgan fingerprint density at radius 2 is 1.87 bits per heavy atom. The number of benzene rings is 2. The van der Waals surface area contributed by atoms with Gasteiger partial charge in [0.05, 0.1) is 30.8 Å². The lowest BCUT2D eigenvalue weighted by Gasteiger charge is -2.26. The number of morpholine rings is 1. The van der Waals surface area contributed by atoms with Crippen LogP contribution in [0.25, 0.3) is 0 Å². The molecular weight excluding hydrogens is 412 g/mol. The van der Waals surface area contributed by atoms with Crippen molar-refractivity contribution in [2.45, 2.75) is 11.4 Å². The fraction of sp³-hybridized carbons (Fsp3) is 0.350. The molecule has 160 valence electrons. The number of rotatable bonds is 6. The lowest BCUT2D eigenvalue weighted by molar-refractivity contribution is 0.0730. The second-order valence-electron chi connectivity index (χ2n) is 6.75. The zero-order valence-corrected chi connectivity index (χ0v) is 17.2. The summed E-state index contributed by atoms with van der Waals surface area (Å²) in [6.07, 6.45) is 0. The van der Waals surface area contributed by atoms with Crippen molar-refractivity contribution in [2.24, 2.45) is 0 Å². The summed E-state index contributed by atoms with van der Waals surface area (Å²) >= 11 is 0. The molecule has 10 heteroatoms. The number of carbonyl (C=O) groups excluding carboxylic acids is 1. The van der Waals surface area contributed by atoms with Crippen molar-refractivity contribution >= 4 is 15.9 Å². The highest BCUT2D eigenvalue weighted by Crippen LogP contribution is 2.32. The number of nitrogens with zero attached hydrogens (tertiary/aromatic N) is 1. The molecule has 9 nitrogen and oxygen atoms in total. The van der Waals surface area contributed by atoms with Crippen molar-refractivity contribution in [3.05, 3.63) is 47.5 Å². The minimum Gasteiger partial charge on any atom is -0.496 e. The summed E-state index contributed by atoms with van der Waals surface area (Å²) in [6.45, 7) is 1.66. The van der Waals surface area contributed by atoms with Gasteiger partial charge in [0.25, 0.3) is 5.91 Å². The average molecular weight is 434 g/mol. The van der Waals surface area contributed by atoms with E-state index in [2.05, 4.69) is 5.32 Å². The molecule has 0 spiro atoms. The van der Waals surface area contributed by atoms with E-state index in [0.717, 1.165) is 5.56 Å². The highest BCUT2D eigenvalue weighted by molar-refractivity contribution is 7.89. The van der Waals surface area contributed by atoms with E-state index in [1.165, 1.54) is 29.6 Å². The number of hydrogen-bond acceptors (Lipinski definition) is 7. The molecule has 2 heterocycles. The van der Waals surface area contributed by atoms with E-state index in [1.807, 2.05) is 6.07 Å². The normalized spacial score (nSPS) is 16.3. The summed E-state index contributed by atoms with van der Waals surface area (Å²) in [5.74, 6) is 1.13. The van der Waals surface area contributed by atoms with Gasteiger partial charge < -0.3 is 24.3 Å². The maximum absolute atomic E-state index is 12.9. The van der Waals surface area contributed by atoms with Gasteiger partial charge in [-0.05, 0) is 35.9 Å². The van der Waals surface area contributed by atoms with Crippen LogP contribution in [-0.4, -0.2) is 58.8 Å². The van der Waals surface area contributed by atoms with E-state index in [-0.39, 0.29) is 36.9 Å². The van der Waals surface area contributed by atoms with Crippen LogP contribution in [0, 0.1) is 0 Å². The molecule has 2 aromatic rings. The molecule has 1 amide bonds. The van der Waals surface area contributed by atoms with Crippen molar-refractivity contribution in [1.82, 2.24) is 9.62 Å². The standard InChI is InChI=1S/C20H22N2O7S/c1-26-17-5-3-15(30(24,25)22-6-8-27-9-7-22)11-16(17)20(23)21-12-14-2-4-18-19(10-14)29-13-28-18/h2-5,10-11H,6-9,12-13H2,1H3,(H,21,23). The van der Waals surface area contributed by atoms with Gasteiger partial charge in [-0.3, -0.25) is 4.79 Å². The molecule has 1 N–H and O–H groups in total. The number of sulfonamides is 1. The molecule has 0 aliphatic carbocycles. The molecular formula is C20H22N2O7S. The van der Waals surface area contributed by atoms with Crippen LogP contribution < -0.4 is 19.5 Å². The number of hydrogen-bond donors (Lipinski definition) is 1. The van der Waals surface area contributed by atoms with Gasteiger partial charge >= 0.3 is 0 Å². The Labute approximate surface area is 174 Å². The maximum Gasteiger partial charge on any atom is 0.255 e. The maximum atomic E-state index is 12.9. The monoisotopic (exact) mass is 434 g/mol. The summed E-state index contributed by atoms with van der Waals surface area (Å²) in [5, 5.41) is 2.80. The molecule has 2 aliphatic rings. The predicted molar refractivity (Wildman–Crippen MR) is 106 cm³/mol. The zero-order valence-electron chi connectivity index (χ0n) is 16.4. The largest absolute Gasteiger partial charge is 0.496 e. The molecule has 1 saturated heterocycles. The molecule has 2 aromatic carbocycles. The Bertz CT molecular complexity index is 1050. The molecule has 1 fully saturated rings. The Kier molecular flexibility index (Phi) is 5.80. The van der Waals surface area contributed by atoms with E-state index in [1.54, 1.807) is 12.1 Å². The van der Waals surface area contributed by atoms with Gasteiger partial charge in [0.15, 0.2) is 11.5 Å². The van der Waals surface area contributed by atoms with E-state index in [9.17, 15) is 13.2 Å². The molecule has 2 aliphatic heterocycles. The lowest BCUT2D eigenvalue weighted by atomic mass is 10.1. The molecule has 0 saturated carbocycles. The first-order chi connectivity index (χ1) is 14.5. The highest BCUT2D eigenvalue weighted by Gasteiger charge is 2.28. The molecule has 0 unspecified atom stereocenters. The number of ether oxygens (including phenoxy) is 4. The average Bonchev–Trinajstić information content (AvgIpc) is 3.25.